The summed E-state index contributed by atoms with van der Waals surface area (Å²) in [5.41, 5.74) is 4.96. The van der Waals surface area contributed by atoms with E-state index in [0.717, 1.165) is 6.07 Å². The molecule has 1 aromatic carbocycles. The molecule has 1 aromatic heterocycles. The maximum absolute atomic E-state index is 13.3. The van der Waals surface area contributed by atoms with Gasteiger partial charge in [-0.3, -0.25) is 4.72 Å². The van der Waals surface area contributed by atoms with Gasteiger partial charge in [-0.25, -0.2) is 17.8 Å². The molecule has 8 heteroatoms. The highest BCUT2D eigenvalue weighted by molar-refractivity contribution is 7.92. The van der Waals surface area contributed by atoms with Crippen LogP contribution in [0.15, 0.2) is 41.4 Å². The minimum absolute atomic E-state index is 0.0242. The Morgan fingerprint density at radius 3 is 2.74 bits per heavy atom. The van der Waals surface area contributed by atoms with E-state index < -0.39 is 21.5 Å². The van der Waals surface area contributed by atoms with Crippen LogP contribution in [0.2, 0.25) is 5.02 Å². The van der Waals surface area contributed by atoms with Gasteiger partial charge in [0.2, 0.25) is 0 Å². The van der Waals surface area contributed by atoms with Crippen LogP contribution in [0.5, 0.6) is 0 Å². The van der Waals surface area contributed by atoms with Crippen molar-refractivity contribution in [3.63, 3.8) is 0 Å². The summed E-state index contributed by atoms with van der Waals surface area (Å²) in [5.74, 6) is -0.780. The zero-order valence-electron chi connectivity index (χ0n) is 9.47. The van der Waals surface area contributed by atoms with E-state index in [0.29, 0.717) is 5.02 Å². The molecule has 0 aliphatic carbocycles. The predicted molar refractivity (Wildman–Crippen MR) is 70.9 cm³/mol. The molecule has 0 saturated heterocycles. The summed E-state index contributed by atoms with van der Waals surface area (Å²) >= 11 is 5.72. The van der Waals surface area contributed by atoms with Crippen LogP contribution in [0.3, 0.4) is 0 Å². The first-order valence-corrected chi connectivity index (χ1v) is 6.94. The lowest BCUT2D eigenvalue weighted by molar-refractivity contribution is 0.597. The Balaban J connectivity index is 2.41. The number of pyridine rings is 1. The van der Waals surface area contributed by atoms with Crippen LogP contribution >= 0.6 is 11.6 Å². The van der Waals surface area contributed by atoms with Gasteiger partial charge < -0.3 is 5.73 Å². The molecule has 0 unspecified atom stereocenters. The van der Waals surface area contributed by atoms with Crippen molar-refractivity contribution in [2.24, 2.45) is 0 Å². The summed E-state index contributed by atoms with van der Waals surface area (Å²) in [6, 6.07) is 6.35. The number of nitrogens with two attached hydrogens (primary N) is 1. The number of sulfonamides is 1. The van der Waals surface area contributed by atoms with Crippen molar-refractivity contribution in [2.75, 3.05) is 10.5 Å². The molecule has 0 aliphatic heterocycles. The number of benzene rings is 1. The number of halogens is 2. The molecule has 0 saturated carbocycles. The lowest BCUT2D eigenvalue weighted by Gasteiger charge is -2.09. The summed E-state index contributed by atoms with van der Waals surface area (Å²) in [6.45, 7) is 0. The van der Waals surface area contributed by atoms with E-state index in [4.69, 9.17) is 17.3 Å². The smallest absolute Gasteiger partial charge is 0.265 e. The molecule has 100 valence electrons. The number of nitrogens with zero attached hydrogens (tertiary/aromatic N) is 1. The van der Waals surface area contributed by atoms with Gasteiger partial charge in [-0.15, -0.1) is 0 Å². The van der Waals surface area contributed by atoms with E-state index in [-0.39, 0.29) is 10.7 Å². The second kappa shape index (κ2) is 5.02. The standard InChI is InChI=1S/C11H9ClFN3O2S/c12-7-4-5-15-10(6-7)16-19(17,18)9-3-1-2-8(13)11(9)14/h1-6H,14H2,(H,15,16). The summed E-state index contributed by atoms with van der Waals surface area (Å²) in [5, 5.41) is 0.319. The number of nitrogens with one attached hydrogen (secondary N) is 1. The Morgan fingerprint density at radius 1 is 1.32 bits per heavy atom. The first kappa shape index (κ1) is 13.6. The van der Waals surface area contributed by atoms with Crippen molar-refractivity contribution in [1.82, 2.24) is 4.98 Å². The minimum Gasteiger partial charge on any atom is -0.395 e. The zero-order chi connectivity index (χ0) is 14.0. The average molecular weight is 302 g/mol. The number of nitrogen functional groups attached to an aromatic ring is 1. The molecule has 2 aromatic rings. The van der Waals surface area contributed by atoms with Gasteiger partial charge in [0.1, 0.15) is 16.5 Å². The fourth-order valence-electron chi connectivity index (χ4n) is 1.40. The second-order valence-corrected chi connectivity index (χ2v) is 5.70. The van der Waals surface area contributed by atoms with E-state index >= 15 is 0 Å². The van der Waals surface area contributed by atoms with Gasteiger partial charge in [0.25, 0.3) is 10.0 Å². The number of para-hydroxylation sites is 1. The van der Waals surface area contributed by atoms with Gasteiger partial charge in [0.05, 0.1) is 5.69 Å². The molecule has 0 amide bonds. The highest BCUT2D eigenvalue weighted by atomic mass is 35.5. The topological polar surface area (TPSA) is 85.1 Å². The van der Waals surface area contributed by atoms with Crippen LogP contribution in [0.25, 0.3) is 0 Å². The molecule has 0 aliphatic rings. The van der Waals surface area contributed by atoms with Crippen molar-refractivity contribution in [3.8, 4) is 0 Å². The van der Waals surface area contributed by atoms with E-state index in [1.54, 1.807) is 0 Å². The monoisotopic (exact) mass is 301 g/mol. The van der Waals surface area contributed by atoms with Gasteiger partial charge >= 0.3 is 0 Å². The number of hydrogen-bond donors (Lipinski definition) is 2. The molecule has 0 radical (unpaired) electrons. The Kier molecular flexibility index (Phi) is 3.59. The Hall–Kier alpha value is -1.86. The SMILES string of the molecule is Nc1c(F)cccc1S(=O)(=O)Nc1cc(Cl)ccn1. The van der Waals surface area contributed by atoms with Gasteiger partial charge in [-0.05, 0) is 18.2 Å². The maximum atomic E-state index is 13.3. The van der Waals surface area contributed by atoms with Gasteiger partial charge in [0.15, 0.2) is 0 Å². The van der Waals surface area contributed by atoms with Crippen molar-refractivity contribution in [2.45, 2.75) is 4.90 Å². The average Bonchev–Trinajstić information content (AvgIpc) is 2.32. The van der Waals surface area contributed by atoms with E-state index in [9.17, 15) is 12.8 Å². The zero-order valence-corrected chi connectivity index (χ0v) is 11.0. The third-order valence-corrected chi connectivity index (χ3v) is 3.91. The van der Waals surface area contributed by atoms with Crippen LogP contribution in [-0.4, -0.2) is 13.4 Å². The Bertz CT molecular complexity index is 722. The molecule has 3 N–H and O–H groups in total. The summed E-state index contributed by atoms with van der Waals surface area (Å²) < 4.78 is 39.5. The van der Waals surface area contributed by atoms with Gasteiger partial charge in [-0.1, -0.05) is 17.7 Å². The lowest BCUT2D eigenvalue weighted by Crippen LogP contribution is -2.16. The molecule has 1 heterocycles. The largest absolute Gasteiger partial charge is 0.395 e. The van der Waals surface area contributed by atoms with Crippen LogP contribution < -0.4 is 10.5 Å². The summed E-state index contributed by atoms with van der Waals surface area (Å²) in [7, 11) is -4.02. The first-order chi connectivity index (χ1) is 8.90. The van der Waals surface area contributed by atoms with Crippen molar-refractivity contribution >= 4 is 33.1 Å². The first-order valence-electron chi connectivity index (χ1n) is 5.08. The number of aromatic nitrogens is 1. The number of anilines is 2. The summed E-state index contributed by atoms with van der Waals surface area (Å²) in [4.78, 5) is 3.44. The quantitative estimate of drug-likeness (QED) is 0.852. The van der Waals surface area contributed by atoms with Crippen LogP contribution in [-0.2, 0) is 10.0 Å². The minimum atomic E-state index is -4.02. The summed E-state index contributed by atoms with van der Waals surface area (Å²) in [6.07, 6.45) is 1.34. The normalized spacial score (nSPS) is 11.3. The van der Waals surface area contributed by atoms with Crippen molar-refractivity contribution in [3.05, 3.63) is 47.4 Å². The van der Waals surface area contributed by atoms with E-state index in [2.05, 4.69) is 9.71 Å². The van der Waals surface area contributed by atoms with Crippen LogP contribution in [0, 0.1) is 5.82 Å². The molecule has 5 nitrogen and oxygen atoms in total. The highest BCUT2D eigenvalue weighted by Gasteiger charge is 2.20. The fourth-order valence-corrected chi connectivity index (χ4v) is 2.71. The number of rotatable bonds is 3. The van der Waals surface area contributed by atoms with Crippen LogP contribution in [0.4, 0.5) is 15.9 Å². The maximum Gasteiger partial charge on any atom is 0.265 e. The second-order valence-electron chi connectivity index (χ2n) is 3.62. The lowest BCUT2D eigenvalue weighted by atomic mass is 10.3. The molecule has 0 spiro atoms. The van der Waals surface area contributed by atoms with Gasteiger partial charge in [0, 0.05) is 17.3 Å². The third-order valence-electron chi connectivity index (χ3n) is 2.26. The predicted octanol–water partition coefficient (Wildman–Crippen LogP) is 2.26. The molecule has 19 heavy (non-hydrogen) atoms. The van der Waals surface area contributed by atoms with Gasteiger partial charge in [-0.2, -0.15) is 0 Å². The fraction of sp³-hybridized carbons (Fsp3) is 0. The highest BCUT2D eigenvalue weighted by Crippen LogP contribution is 2.23. The third kappa shape index (κ3) is 2.94. The molecular formula is C11H9ClFN3O2S. The molecule has 0 bridgehead atoms. The van der Waals surface area contributed by atoms with E-state index in [1.807, 2.05) is 0 Å². The van der Waals surface area contributed by atoms with Crippen molar-refractivity contribution < 1.29 is 12.8 Å². The Morgan fingerprint density at radius 2 is 2.05 bits per heavy atom. The molecule has 0 fully saturated rings. The number of hydrogen-bond acceptors (Lipinski definition) is 4. The molecule has 2 rings (SSSR count). The van der Waals surface area contributed by atoms with E-state index in [1.165, 1.54) is 30.5 Å². The van der Waals surface area contributed by atoms with Crippen molar-refractivity contribution in [1.29, 1.82) is 0 Å². The Labute approximate surface area is 114 Å². The van der Waals surface area contributed by atoms with Crippen LogP contribution in [0.1, 0.15) is 0 Å². The molecule has 0 atom stereocenters. The molecular weight excluding hydrogens is 293 g/mol.